The first kappa shape index (κ1) is 19.8. The first-order chi connectivity index (χ1) is 12.4. The molecule has 0 saturated carbocycles. The maximum absolute atomic E-state index is 2.29. The summed E-state index contributed by atoms with van der Waals surface area (Å²) in [6.07, 6.45) is 15.0. The van der Waals surface area contributed by atoms with E-state index in [0.717, 1.165) is 5.92 Å². The smallest absolute Gasteiger partial charge is 0.0276 e. The lowest BCUT2D eigenvalue weighted by Crippen LogP contribution is -2.05. The molecule has 2 aromatic carbocycles. The fourth-order valence-corrected chi connectivity index (χ4v) is 3.68. The molecule has 0 nitrogen and oxygen atoms in total. The summed E-state index contributed by atoms with van der Waals surface area (Å²) in [4.78, 5) is 0. The molecule has 2 rings (SSSR count). The molecule has 136 valence electrons. The van der Waals surface area contributed by atoms with Crippen molar-refractivity contribution in [3.63, 3.8) is 0 Å². The van der Waals surface area contributed by atoms with Crippen molar-refractivity contribution >= 4 is 0 Å². The molecule has 0 atom stereocenters. The van der Waals surface area contributed by atoms with Crippen LogP contribution < -0.4 is 0 Å². The van der Waals surface area contributed by atoms with Gasteiger partial charge in [0.2, 0.25) is 0 Å². The minimum atomic E-state index is 0.867. The van der Waals surface area contributed by atoms with Crippen molar-refractivity contribution < 1.29 is 0 Å². The number of hydrogen-bond donors (Lipinski definition) is 0. The normalized spacial score (nSPS) is 11.1. The van der Waals surface area contributed by atoms with Gasteiger partial charge in [0.1, 0.15) is 0 Å². The van der Waals surface area contributed by atoms with Gasteiger partial charge in [-0.1, -0.05) is 113 Å². The maximum atomic E-state index is 2.29. The quantitative estimate of drug-likeness (QED) is 0.330. The molecule has 0 aliphatic rings. The second-order valence-electron chi connectivity index (χ2n) is 7.47. The van der Waals surface area contributed by atoms with Gasteiger partial charge in [0.15, 0.2) is 0 Å². The fourth-order valence-electron chi connectivity index (χ4n) is 3.68. The lowest BCUT2D eigenvalue weighted by atomic mass is 9.88. The van der Waals surface area contributed by atoms with Crippen LogP contribution in [0.3, 0.4) is 0 Å². The van der Waals surface area contributed by atoms with Crippen LogP contribution >= 0.6 is 0 Å². The Hall–Kier alpha value is -1.56. The van der Waals surface area contributed by atoms with E-state index in [1.54, 1.807) is 0 Å². The number of benzene rings is 2. The van der Waals surface area contributed by atoms with Crippen LogP contribution in [-0.4, -0.2) is 0 Å². The molecule has 0 aromatic heterocycles. The van der Waals surface area contributed by atoms with Crippen molar-refractivity contribution in [2.24, 2.45) is 5.92 Å². The third-order valence-corrected chi connectivity index (χ3v) is 5.33. The summed E-state index contributed by atoms with van der Waals surface area (Å²) in [5.41, 5.74) is 2.99. The van der Waals surface area contributed by atoms with Crippen LogP contribution in [-0.2, 0) is 12.8 Å². The monoisotopic (exact) mass is 336 g/mol. The second-order valence-corrected chi connectivity index (χ2v) is 7.47. The molecule has 0 amide bonds. The van der Waals surface area contributed by atoms with E-state index in [4.69, 9.17) is 0 Å². The fraction of sp³-hybridized carbons (Fsp3) is 0.520. The van der Waals surface area contributed by atoms with Crippen molar-refractivity contribution in [2.45, 2.75) is 77.6 Å². The topological polar surface area (TPSA) is 0 Å². The second kappa shape index (κ2) is 12.8. The highest BCUT2D eigenvalue weighted by Gasteiger charge is 2.09. The maximum Gasteiger partial charge on any atom is -0.0276 e. The van der Waals surface area contributed by atoms with E-state index in [9.17, 15) is 0 Å². The largest absolute Gasteiger partial charge is 0.0654 e. The predicted octanol–water partition coefficient (Wildman–Crippen LogP) is 7.62. The molecule has 25 heavy (non-hydrogen) atoms. The lowest BCUT2D eigenvalue weighted by Gasteiger charge is -2.17. The molecule has 2 aromatic rings. The Balaban J connectivity index is 1.75. The third-order valence-electron chi connectivity index (χ3n) is 5.33. The molecule has 0 saturated heterocycles. The van der Waals surface area contributed by atoms with E-state index in [1.807, 2.05) is 0 Å². The first-order valence-corrected chi connectivity index (χ1v) is 10.5. The average Bonchev–Trinajstić information content (AvgIpc) is 2.67. The van der Waals surface area contributed by atoms with Gasteiger partial charge in [0, 0.05) is 0 Å². The Labute approximate surface area is 155 Å². The number of hydrogen-bond acceptors (Lipinski definition) is 0. The summed E-state index contributed by atoms with van der Waals surface area (Å²) >= 11 is 0. The Kier molecular flexibility index (Phi) is 10.1. The van der Waals surface area contributed by atoms with Gasteiger partial charge in [0.05, 0.1) is 0 Å². The minimum absolute atomic E-state index is 0.867. The van der Waals surface area contributed by atoms with E-state index in [-0.39, 0.29) is 0 Å². The van der Waals surface area contributed by atoms with Gasteiger partial charge in [-0.15, -0.1) is 0 Å². The Morgan fingerprint density at radius 2 is 1.04 bits per heavy atom. The summed E-state index contributed by atoms with van der Waals surface area (Å²) in [6, 6.07) is 22.0. The van der Waals surface area contributed by atoms with Gasteiger partial charge in [-0.2, -0.15) is 0 Å². The van der Waals surface area contributed by atoms with Crippen molar-refractivity contribution in [1.82, 2.24) is 0 Å². The van der Waals surface area contributed by atoms with Crippen molar-refractivity contribution in [3.8, 4) is 0 Å². The molecule has 0 aliphatic heterocycles. The Morgan fingerprint density at radius 3 is 1.56 bits per heavy atom. The van der Waals surface area contributed by atoms with Crippen LogP contribution in [0.4, 0.5) is 0 Å². The van der Waals surface area contributed by atoms with Gasteiger partial charge >= 0.3 is 0 Å². The first-order valence-electron chi connectivity index (χ1n) is 10.5. The molecule has 0 unspecified atom stereocenters. The summed E-state index contributed by atoms with van der Waals surface area (Å²) < 4.78 is 0. The van der Waals surface area contributed by atoms with E-state index >= 15 is 0 Å². The van der Waals surface area contributed by atoms with Gasteiger partial charge in [-0.3, -0.25) is 0 Å². The number of rotatable bonds is 13. The summed E-state index contributed by atoms with van der Waals surface area (Å²) in [5, 5.41) is 0. The Morgan fingerprint density at radius 1 is 0.560 bits per heavy atom. The van der Waals surface area contributed by atoms with Gasteiger partial charge in [0.25, 0.3) is 0 Å². The van der Waals surface area contributed by atoms with Gasteiger partial charge in [-0.25, -0.2) is 0 Å². The van der Waals surface area contributed by atoms with Crippen molar-refractivity contribution in [3.05, 3.63) is 71.8 Å². The van der Waals surface area contributed by atoms with E-state index in [1.165, 1.54) is 81.8 Å². The molecule has 0 N–H and O–H groups in total. The third kappa shape index (κ3) is 8.91. The highest BCUT2D eigenvalue weighted by molar-refractivity contribution is 5.15. The van der Waals surface area contributed by atoms with Crippen LogP contribution in [0, 0.1) is 5.92 Å². The number of unbranched alkanes of at least 4 members (excludes halogenated alkanes) is 5. The summed E-state index contributed by atoms with van der Waals surface area (Å²) in [7, 11) is 0. The van der Waals surface area contributed by atoms with Crippen LogP contribution in [0.2, 0.25) is 0 Å². The highest BCUT2D eigenvalue weighted by atomic mass is 14.2. The van der Waals surface area contributed by atoms with E-state index in [0.29, 0.717) is 0 Å². The standard InChI is InChI=1S/C25H36/c1-2-3-4-5-6-9-18-25(21-19-23-14-10-7-11-15-23)22-20-24-16-12-8-13-17-24/h7-8,10-17,25H,2-6,9,18-22H2,1H3. The molecule has 0 radical (unpaired) electrons. The number of aryl methyl sites for hydroxylation is 2. The summed E-state index contributed by atoms with van der Waals surface area (Å²) in [6.45, 7) is 2.29. The van der Waals surface area contributed by atoms with Crippen LogP contribution in [0.25, 0.3) is 0 Å². The zero-order valence-corrected chi connectivity index (χ0v) is 16.1. The molecular formula is C25H36. The molecule has 0 fully saturated rings. The van der Waals surface area contributed by atoms with E-state index in [2.05, 4.69) is 67.6 Å². The van der Waals surface area contributed by atoms with Crippen molar-refractivity contribution in [1.29, 1.82) is 0 Å². The zero-order chi connectivity index (χ0) is 17.6. The minimum Gasteiger partial charge on any atom is -0.0654 e. The lowest BCUT2D eigenvalue weighted by molar-refractivity contribution is 0.398. The molecule has 0 heterocycles. The molecule has 0 bridgehead atoms. The molecular weight excluding hydrogens is 300 g/mol. The van der Waals surface area contributed by atoms with Crippen LogP contribution in [0.5, 0.6) is 0 Å². The SMILES string of the molecule is CCCCCCCCC(CCc1ccccc1)CCc1ccccc1. The van der Waals surface area contributed by atoms with Gasteiger partial charge in [-0.05, 0) is 42.7 Å². The van der Waals surface area contributed by atoms with Crippen molar-refractivity contribution in [2.75, 3.05) is 0 Å². The van der Waals surface area contributed by atoms with Crippen LogP contribution in [0.1, 0.15) is 75.8 Å². The highest BCUT2D eigenvalue weighted by Crippen LogP contribution is 2.23. The Bertz CT molecular complexity index is 485. The van der Waals surface area contributed by atoms with Gasteiger partial charge < -0.3 is 0 Å². The van der Waals surface area contributed by atoms with Crippen LogP contribution in [0.15, 0.2) is 60.7 Å². The molecule has 0 aliphatic carbocycles. The molecule has 0 spiro atoms. The zero-order valence-electron chi connectivity index (χ0n) is 16.1. The molecule has 0 heteroatoms. The summed E-state index contributed by atoms with van der Waals surface area (Å²) in [5.74, 6) is 0.867. The predicted molar refractivity (Wildman–Crippen MR) is 111 cm³/mol. The van der Waals surface area contributed by atoms with E-state index < -0.39 is 0 Å². The average molecular weight is 337 g/mol.